The zero-order chi connectivity index (χ0) is 20.2. The van der Waals surface area contributed by atoms with Gasteiger partial charge in [-0.3, -0.25) is 0 Å². The lowest BCUT2D eigenvalue weighted by molar-refractivity contribution is 0.413. The summed E-state index contributed by atoms with van der Waals surface area (Å²) in [6, 6.07) is 17.9. The maximum atomic E-state index is 5.44. The van der Waals surface area contributed by atoms with Gasteiger partial charge in [-0.1, -0.05) is 31.2 Å². The normalized spacial score (nSPS) is 11.0. The highest BCUT2D eigenvalue weighted by Gasteiger charge is 2.18. The predicted molar refractivity (Wildman–Crippen MR) is 112 cm³/mol. The molecule has 0 aliphatic rings. The number of fused-ring (bicyclic) bond motifs is 1. The summed E-state index contributed by atoms with van der Waals surface area (Å²) in [5, 5.41) is 7.96. The molecule has 0 spiro atoms. The second-order valence-corrected chi connectivity index (χ2v) is 6.59. The van der Waals surface area contributed by atoms with Crippen LogP contribution in [0.2, 0.25) is 0 Å². The van der Waals surface area contributed by atoms with E-state index in [-0.39, 0.29) is 6.04 Å². The van der Waals surface area contributed by atoms with Crippen LogP contribution in [0.3, 0.4) is 0 Å². The minimum absolute atomic E-state index is 0.153. The van der Waals surface area contributed by atoms with Crippen LogP contribution in [0.5, 0.6) is 11.5 Å². The topological polar surface area (TPSA) is 73.6 Å². The van der Waals surface area contributed by atoms with E-state index < -0.39 is 0 Å². The van der Waals surface area contributed by atoms with Crippen LogP contribution in [0.15, 0.2) is 60.9 Å². The first kappa shape index (κ1) is 18.7. The Morgan fingerprint density at radius 1 is 0.966 bits per heavy atom. The van der Waals surface area contributed by atoms with E-state index in [1.165, 1.54) is 6.33 Å². The molecule has 0 saturated heterocycles. The Morgan fingerprint density at radius 2 is 1.62 bits per heavy atom. The number of methoxy groups -OCH3 is 2. The van der Waals surface area contributed by atoms with E-state index >= 15 is 0 Å². The maximum Gasteiger partial charge on any atom is 0.254 e. The second-order valence-electron chi connectivity index (χ2n) is 6.59. The zero-order valence-electron chi connectivity index (χ0n) is 16.7. The third-order valence-electron chi connectivity index (χ3n) is 4.81. The van der Waals surface area contributed by atoms with Crippen molar-refractivity contribution in [3.8, 4) is 11.5 Å². The van der Waals surface area contributed by atoms with Crippen LogP contribution in [0.1, 0.15) is 29.8 Å². The van der Waals surface area contributed by atoms with E-state index in [9.17, 15) is 0 Å². The van der Waals surface area contributed by atoms with E-state index in [0.29, 0.717) is 5.78 Å². The molecule has 7 nitrogen and oxygen atoms in total. The summed E-state index contributed by atoms with van der Waals surface area (Å²) in [5.41, 5.74) is 3.06. The Bertz CT molecular complexity index is 1080. The molecule has 0 bridgehead atoms. The standard InChI is InChI=1S/C22H23N5O2/c1-4-17-13-20(27-22(25-17)23-14-24-27)26-21(15-7-5-9-18(11-15)28-2)16-8-6-10-19(12-16)29-3/h5-14,21,26H,4H2,1-3H3. The first-order valence-corrected chi connectivity index (χ1v) is 9.46. The number of hydrogen-bond acceptors (Lipinski definition) is 6. The number of rotatable bonds is 7. The summed E-state index contributed by atoms with van der Waals surface area (Å²) in [4.78, 5) is 8.79. The lowest BCUT2D eigenvalue weighted by atomic mass is 9.98. The smallest absolute Gasteiger partial charge is 0.254 e. The fourth-order valence-corrected chi connectivity index (χ4v) is 3.29. The number of aromatic nitrogens is 4. The van der Waals surface area contributed by atoms with Gasteiger partial charge < -0.3 is 14.8 Å². The molecule has 0 atom stereocenters. The number of aryl methyl sites for hydroxylation is 1. The molecule has 0 amide bonds. The molecule has 2 aromatic heterocycles. The first-order valence-electron chi connectivity index (χ1n) is 9.46. The zero-order valence-corrected chi connectivity index (χ0v) is 16.7. The van der Waals surface area contributed by atoms with Gasteiger partial charge in [0.15, 0.2) is 0 Å². The van der Waals surface area contributed by atoms with Gasteiger partial charge in [-0.15, -0.1) is 0 Å². The molecule has 29 heavy (non-hydrogen) atoms. The number of benzene rings is 2. The van der Waals surface area contributed by atoms with Crippen molar-refractivity contribution >= 4 is 11.6 Å². The highest BCUT2D eigenvalue weighted by Crippen LogP contribution is 2.31. The molecular formula is C22H23N5O2. The summed E-state index contributed by atoms with van der Waals surface area (Å²) < 4.78 is 12.6. The molecule has 2 heterocycles. The van der Waals surface area contributed by atoms with Crippen molar-refractivity contribution in [2.75, 3.05) is 19.5 Å². The van der Waals surface area contributed by atoms with Crippen molar-refractivity contribution in [3.63, 3.8) is 0 Å². The molecule has 0 fully saturated rings. The van der Waals surface area contributed by atoms with Gasteiger partial charge in [0.05, 0.1) is 20.3 Å². The molecule has 1 N–H and O–H groups in total. The van der Waals surface area contributed by atoms with Crippen LogP contribution < -0.4 is 14.8 Å². The van der Waals surface area contributed by atoms with Gasteiger partial charge in [0.25, 0.3) is 5.78 Å². The summed E-state index contributed by atoms with van der Waals surface area (Å²) in [5.74, 6) is 2.99. The van der Waals surface area contributed by atoms with Gasteiger partial charge in [-0.05, 0) is 41.8 Å². The van der Waals surface area contributed by atoms with Crippen LogP contribution in [0.25, 0.3) is 5.78 Å². The number of nitrogens with one attached hydrogen (secondary N) is 1. The Balaban J connectivity index is 1.83. The number of hydrogen-bond donors (Lipinski definition) is 1. The average Bonchev–Trinajstić information content (AvgIpc) is 3.26. The average molecular weight is 389 g/mol. The van der Waals surface area contributed by atoms with Gasteiger partial charge in [0.2, 0.25) is 0 Å². The van der Waals surface area contributed by atoms with E-state index in [2.05, 4.69) is 39.4 Å². The van der Waals surface area contributed by atoms with Crippen molar-refractivity contribution in [2.45, 2.75) is 19.4 Å². The Kier molecular flexibility index (Phi) is 5.29. The van der Waals surface area contributed by atoms with Gasteiger partial charge >= 0.3 is 0 Å². The number of nitrogens with zero attached hydrogens (tertiary/aromatic N) is 4. The van der Waals surface area contributed by atoms with Crippen molar-refractivity contribution in [1.82, 2.24) is 19.6 Å². The van der Waals surface area contributed by atoms with Crippen LogP contribution in [0, 0.1) is 0 Å². The van der Waals surface area contributed by atoms with Crippen molar-refractivity contribution in [3.05, 3.63) is 77.7 Å². The summed E-state index contributed by atoms with van der Waals surface area (Å²) in [7, 11) is 3.34. The van der Waals surface area contributed by atoms with Crippen LogP contribution in [0.4, 0.5) is 5.82 Å². The summed E-state index contributed by atoms with van der Waals surface area (Å²) in [6.45, 7) is 2.07. The second kappa shape index (κ2) is 8.18. The van der Waals surface area contributed by atoms with Crippen LogP contribution in [-0.4, -0.2) is 33.8 Å². The van der Waals surface area contributed by atoms with Gasteiger partial charge in [-0.25, -0.2) is 4.98 Å². The third kappa shape index (κ3) is 3.85. The lowest BCUT2D eigenvalue weighted by Gasteiger charge is -2.22. The largest absolute Gasteiger partial charge is 0.497 e. The third-order valence-corrected chi connectivity index (χ3v) is 4.81. The van der Waals surface area contributed by atoms with Gasteiger partial charge in [0, 0.05) is 11.8 Å². The molecule has 0 aliphatic heterocycles. The van der Waals surface area contributed by atoms with Crippen LogP contribution >= 0.6 is 0 Å². The van der Waals surface area contributed by atoms with Crippen molar-refractivity contribution < 1.29 is 9.47 Å². The highest BCUT2D eigenvalue weighted by atomic mass is 16.5. The predicted octanol–water partition coefficient (Wildman–Crippen LogP) is 3.91. The number of anilines is 1. The van der Waals surface area contributed by atoms with Crippen LogP contribution in [-0.2, 0) is 6.42 Å². The molecule has 7 heteroatoms. The molecule has 0 unspecified atom stereocenters. The van der Waals surface area contributed by atoms with E-state index in [0.717, 1.165) is 40.6 Å². The molecule has 0 aliphatic carbocycles. The first-order chi connectivity index (χ1) is 14.2. The van der Waals surface area contributed by atoms with Crippen molar-refractivity contribution in [2.24, 2.45) is 0 Å². The number of ether oxygens (including phenoxy) is 2. The minimum Gasteiger partial charge on any atom is -0.497 e. The molecule has 4 rings (SSSR count). The fraction of sp³-hybridized carbons (Fsp3) is 0.227. The van der Waals surface area contributed by atoms with E-state index in [1.807, 2.05) is 42.5 Å². The quantitative estimate of drug-likeness (QED) is 0.517. The lowest BCUT2D eigenvalue weighted by Crippen LogP contribution is -2.16. The summed E-state index contributed by atoms with van der Waals surface area (Å²) in [6.07, 6.45) is 2.32. The molecule has 2 aromatic carbocycles. The van der Waals surface area contributed by atoms with E-state index in [1.54, 1.807) is 18.7 Å². The minimum atomic E-state index is -0.153. The Hall–Kier alpha value is -3.61. The molecule has 148 valence electrons. The maximum absolute atomic E-state index is 5.44. The molecule has 0 radical (unpaired) electrons. The van der Waals surface area contributed by atoms with Gasteiger partial charge in [-0.2, -0.15) is 14.6 Å². The Morgan fingerprint density at radius 3 is 2.21 bits per heavy atom. The highest BCUT2D eigenvalue weighted by molar-refractivity contribution is 5.51. The Labute approximate surface area is 169 Å². The van der Waals surface area contributed by atoms with Crippen molar-refractivity contribution in [1.29, 1.82) is 0 Å². The fourth-order valence-electron chi connectivity index (χ4n) is 3.29. The SMILES string of the molecule is CCc1cc(NC(c2cccc(OC)c2)c2cccc(OC)c2)n2ncnc2n1. The van der Waals surface area contributed by atoms with E-state index in [4.69, 9.17) is 9.47 Å². The molecule has 0 saturated carbocycles. The summed E-state index contributed by atoms with van der Waals surface area (Å²) >= 11 is 0. The molecular weight excluding hydrogens is 366 g/mol. The van der Waals surface area contributed by atoms with Gasteiger partial charge in [0.1, 0.15) is 23.6 Å². The monoisotopic (exact) mass is 389 g/mol. The molecule has 4 aromatic rings.